The summed E-state index contributed by atoms with van der Waals surface area (Å²) >= 11 is 0. The average molecular weight is 284 g/mol. The fraction of sp³-hybridized carbons (Fsp3) is 0.278. The molecule has 110 valence electrons. The van der Waals surface area contributed by atoms with Crippen LogP contribution in [0.15, 0.2) is 48.5 Å². The fourth-order valence-corrected chi connectivity index (χ4v) is 2.02. The highest BCUT2D eigenvalue weighted by Gasteiger charge is 2.10. The molecule has 0 spiro atoms. The highest BCUT2D eigenvalue weighted by molar-refractivity contribution is 6.09. The van der Waals surface area contributed by atoms with E-state index in [0.29, 0.717) is 23.5 Å². The average Bonchev–Trinajstić information content (AvgIpc) is 2.47. The van der Waals surface area contributed by atoms with Gasteiger partial charge < -0.3 is 9.47 Å². The predicted molar refractivity (Wildman–Crippen MR) is 83.2 cm³/mol. The number of benzene rings is 2. The SMILES string of the molecule is CCOc1cccc(C(=O)c2ccc(OC(C)C)cc2)c1. The number of ether oxygens (including phenoxy) is 2. The molecule has 0 radical (unpaired) electrons. The highest BCUT2D eigenvalue weighted by atomic mass is 16.5. The first kappa shape index (κ1) is 15.1. The molecule has 2 aromatic rings. The molecule has 0 aliphatic heterocycles. The van der Waals surface area contributed by atoms with E-state index in [-0.39, 0.29) is 11.9 Å². The lowest BCUT2D eigenvalue weighted by Gasteiger charge is -2.10. The van der Waals surface area contributed by atoms with Crippen LogP contribution in [0.1, 0.15) is 36.7 Å². The lowest BCUT2D eigenvalue weighted by atomic mass is 10.0. The van der Waals surface area contributed by atoms with Crippen molar-refractivity contribution in [1.29, 1.82) is 0 Å². The summed E-state index contributed by atoms with van der Waals surface area (Å²) in [4.78, 5) is 12.4. The van der Waals surface area contributed by atoms with Crippen LogP contribution >= 0.6 is 0 Å². The van der Waals surface area contributed by atoms with Gasteiger partial charge in [0.15, 0.2) is 5.78 Å². The third-order valence-corrected chi connectivity index (χ3v) is 2.90. The molecule has 0 aliphatic carbocycles. The first-order valence-corrected chi connectivity index (χ1v) is 7.14. The standard InChI is InChI=1S/C18H20O3/c1-4-20-17-7-5-6-15(12-17)18(19)14-8-10-16(11-9-14)21-13(2)3/h5-13H,4H2,1-3H3. The molecule has 0 unspecified atom stereocenters. The number of carbonyl (C=O) groups excluding carboxylic acids is 1. The number of ketones is 1. The Morgan fingerprint density at radius 3 is 2.33 bits per heavy atom. The lowest BCUT2D eigenvalue weighted by Crippen LogP contribution is -2.06. The van der Waals surface area contributed by atoms with E-state index in [9.17, 15) is 4.79 Å². The zero-order chi connectivity index (χ0) is 15.2. The van der Waals surface area contributed by atoms with Crippen LogP contribution in [0.3, 0.4) is 0 Å². The van der Waals surface area contributed by atoms with Gasteiger partial charge in [0.05, 0.1) is 12.7 Å². The van der Waals surface area contributed by atoms with Crippen LogP contribution in [0.25, 0.3) is 0 Å². The zero-order valence-corrected chi connectivity index (χ0v) is 12.6. The maximum Gasteiger partial charge on any atom is 0.193 e. The third-order valence-electron chi connectivity index (χ3n) is 2.90. The molecular weight excluding hydrogens is 264 g/mol. The van der Waals surface area contributed by atoms with Crippen LogP contribution in [0, 0.1) is 0 Å². The summed E-state index contributed by atoms with van der Waals surface area (Å²) in [6.07, 6.45) is 0.120. The van der Waals surface area contributed by atoms with E-state index in [4.69, 9.17) is 9.47 Å². The van der Waals surface area contributed by atoms with Gasteiger partial charge in [-0.2, -0.15) is 0 Å². The molecule has 2 aromatic carbocycles. The molecule has 0 saturated carbocycles. The van der Waals surface area contributed by atoms with Gasteiger partial charge in [0.2, 0.25) is 0 Å². The van der Waals surface area contributed by atoms with Crippen molar-refractivity contribution < 1.29 is 14.3 Å². The molecule has 0 saturated heterocycles. The lowest BCUT2D eigenvalue weighted by molar-refractivity contribution is 0.103. The molecule has 0 aliphatic rings. The van der Waals surface area contributed by atoms with Crippen LogP contribution in [-0.4, -0.2) is 18.5 Å². The summed E-state index contributed by atoms with van der Waals surface area (Å²) in [6.45, 7) is 6.44. The molecule has 3 heteroatoms. The molecule has 3 nitrogen and oxygen atoms in total. The van der Waals surface area contributed by atoms with E-state index in [2.05, 4.69) is 0 Å². The van der Waals surface area contributed by atoms with Crippen LogP contribution in [0.2, 0.25) is 0 Å². The maximum atomic E-state index is 12.4. The minimum Gasteiger partial charge on any atom is -0.494 e. The third kappa shape index (κ3) is 4.09. The largest absolute Gasteiger partial charge is 0.494 e. The van der Waals surface area contributed by atoms with Gasteiger partial charge in [-0.15, -0.1) is 0 Å². The number of hydrogen-bond acceptors (Lipinski definition) is 3. The second-order valence-electron chi connectivity index (χ2n) is 4.98. The Hall–Kier alpha value is -2.29. The van der Waals surface area contributed by atoms with Crippen molar-refractivity contribution in [1.82, 2.24) is 0 Å². The summed E-state index contributed by atoms with van der Waals surface area (Å²) in [6, 6.07) is 14.4. The molecule has 2 rings (SSSR count). The molecule has 0 amide bonds. The van der Waals surface area contributed by atoms with Crippen molar-refractivity contribution in [2.45, 2.75) is 26.9 Å². The maximum absolute atomic E-state index is 12.4. The van der Waals surface area contributed by atoms with Gasteiger partial charge in [0, 0.05) is 11.1 Å². The minimum absolute atomic E-state index is 0.0207. The molecule has 0 bridgehead atoms. The smallest absolute Gasteiger partial charge is 0.193 e. The quantitative estimate of drug-likeness (QED) is 0.749. The summed E-state index contributed by atoms with van der Waals surface area (Å²) in [5.41, 5.74) is 1.26. The Morgan fingerprint density at radius 2 is 1.71 bits per heavy atom. The Morgan fingerprint density at radius 1 is 1.00 bits per heavy atom. The Kier molecular flexibility index (Phi) is 4.99. The Balaban J connectivity index is 2.17. The minimum atomic E-state index is -0.0207. The normalized spacial score (nSPS) is 10.5. The van der Waals surface area contributed by atoms with Gasteiger partial charge >= 0.3 is 0 Å². The van der Waals surface area contributed by atoms with Crippen LogP contribution in [0.5, 0.6) is 11.5 Å². The first-order chi connectivity index (χ1) is 10.1. The van der Waals surface area contributed by atoms with E-state index in [0.717, 1.165) is 5.75 Å². The molecule has 21 heavy (non-hydrogen) atoms. The number of carbonyl (C=O) groups is 1. The molecular formula is C18H20O3. The second kappa shape index (κ2) is 6.93. The summed E-state index contributed by atoms with van der Waals surface area (Å²) in [7, 11) is 0. The summed E-state index contributed by atoms with van der Waals surface area (Å²) < 4.78 is 11.0. The van der Waals surface area contributed by atoms with Gasteiger partial charge in [-0.1, -0.05) is 12.1 Å². The van der Waals surface area contributed by atoms with Gasteiger partial charge in [0.1, 0.15) is 11.5 Å². The predicted octanol–water partition coefficient (Wildman–Crippen LogP) is 4.10. The van der Waals surface area contributed by atoms with E-state index in [1.807, 2.05) is 45.0 Å². The molecule has 0 heterocycles. The van der Waals surface area contributed by atoms with Crippen molar-refractivity contribution in [2.24, 2.45) is 0 Å². The molecule has 0 aromatic heterocycles. The van der Waals surface area contributed by atoms with Crippen molar-refractivity contribution in [2.75, 3.05) is 6.61 Å². The van der Waals surface area contributed by atoms with Crippen LogP contribution in [-0.2, 0) is 0 Å². The second-order valence-corrected chi connectivity index (χ2v) is 4.98. The monoisotopic (exact) mass is 284 g/mol. The van der Waals surface area contributed by atoms with E-state index >= 15 is 0 Å². The van der Waals surface area contributed by atoms with Gasteiger partial charge in [-0.3, -0.25) is 4.79 Å². The molecule has 0 fully saturated rings. The van der Waals surface area contributed by atoms with Gasteiger partial charge in [-0.05, 0) is 57.2 Å². The summed E-state index contributed by atoms with van der Waals surface area (Å²) in [5, 5.41) is 0. The van der Waals surface area contributed by atoms with Gasteiger partial charge in [0.25, 0.3) is 0 Å². The van der Waals surface area contributed by atoms with Crippen molar-refractivity contribution in [3.05, 3.63) is 59.7 Å². The number of rotatable bonds is 6. The summed E-state index contributed by atoms with van der Waals surface area (Å²) in [5.74, 6) is 1.46. The fourth-order valence-electron chi connectivity index (χ4n) is 2.02. The van der Waals surface area contributed by atoms with E-state index < -0.39 is 0 Å². The molecule has 0 N–H and O–H groups in total. The Bertz CT molecular complexity index is 600. The zero-order valence-electron chi connectivity index (χ0n) is 12.6. The topological polar surface area (TPSA) is 35.5 Å². The molecule has 0 atom stereocenters. The van der Waals surface area contributed by atoms with Crippen LogP contribution in [0.4, 0.5) is 0 Å². The number of hydrogen-bond donors (Lipinski definition) is 0. The van der Waals surface area contributed by atoms with Crippen molar-refractivity contribution >= 4 is 5.78 Å². The van der Waals surface area contributed by atoms with Crippen molar-refractivity contribution in [3.63, 3.8) is 0 Å². The van der Waals surface area contributed by atoms with Gasteiger partial charge in [-0.25, -0.2) is 0 Å². The first-order valence-electron chi connectivity index (χ1n) is 7.14. The highest BCUT2D eigenvalue weighted by Crippen LogP contribution is 2.19. The van der Waals surface area contributed by atoms with E-state index in [1.165, 1.54) is 0 Å². The Labute approximate surface area is 125 Å². The van der Waals surface area contributed by atoms with E-state index in [1.54, 1.807) is 24.3 Å². The van der Waals surface area contributed by atoms with Crippen LogP contribution < -0.4 is 9.47 Å². The van der Waals surface area contributed by atoms with Crippen molar-refractivity contribution in [3.8, 4) is 11.5 Å².